The minimum absolute atomic E-state index is 0.303. The number of hydrogen-bond donors (Lipinski definition) is 1. The quantitative estimate of drug-likeness (QED) is 0.428. The first-order valence-electron chi connectivity index (χ1n) is 10.4. The number of methoxy groups -OCH3 is 1. The van der Waals surface area contributed by atoms with Crippen LogP contribution in [0.1, 0.15) is 41.5 Å². The fourth-order valence-electron chi connectivity index (χ4n) is 3.75. The maximum atomic E-state index is 11.5. The number of unbranched alkanes of at least 4 members (excludes halogenated alkanes) is 1. The van der Waals surface area contributed by atoms with Gasteiger partial charge in [0.05, 0.1) is 18.2 Å². The SMILES string of the molecule is CCCCc1nc2nc(OC)ccc2n1Cc1ccc(-c2ccccc2C(=O)O)cc1. The predicted octanol–water partition coefficient (Wildman–Crippen LogP) is 5.20. The predicted molar refractivity (Wildman–Crippen MR) is 121 cm³/mol. The molecule has 31 heavy (non-hydrogen) atoms. The molecule has 2 aromatic carbocycles. The van der Waals surface area contributed by atoms with Gasteiger partial charge in [-0.15, -0.1) is 0 Å². The summed E-state index contributed by atoms with van der Waals surface area (Å²) in [7, 11) is 1.60. The summed E-state index contributed by atoms with van der Waals surface area (Å²) in [4.78, 5) is 20.8. The number of carbonyl (C=O) groups is 1. The van der Waals surface area contributed by atoms with Gasteiger partial charge in [-0.2, -0.15) is 4.98 Å². The number of aromatic nitrogens is 3. The second kappa shape index (κ2) is 9.00. The number of imidazole rings is 1. The van der Waals surface area contributed by atoms with E-state index < -0.39 is 5.97 Å². The van der Waals surface area contributed by atoms with Crippen molar-refractivity contribution < 1.29 is 14.6 Å². The molecule has 0 atom stereocenters. The number of carboxylic acid groups (broad SMARTS) is 1. The van der Waals surface area contributed by atoms with Crippen LogP contribution in [0.3, 0.4) is 0 Å². The second-order valence-corrected chi connectivity index (χ2v) is 7.46. The van der Waals surface area contributed by atoms with E-state index in [1.54, 1.807) is 19.2 Å². The normalized spacial score (nSPS) is 11.0. The molecule has 4 aromatic rings. The lowest BCUT2D eigenvalue weighted by atomic mass is 9.99. The molecule has 0 aliphatic carbocycles. The summed E-state index contributed by atoms with van der Waals surface area (Å²) in [5.74, 6) is 0.645. The van der Waals surface area contributed by atoms with Crippen molar-refractivity contribution in [2.24, 2.45) is 0 Å². The lowest BCUT2D eigenvalue weighted by Gasteiger charge is -2.11. The largest absolute Gasteiger partial charge is 0.481 e. The van der Waals surface area contributed by atoms with Gasteiger partial charge in [0.2, 0.25) is 5.88 Å². The number of ether oxygens (including phenoxy) is 1. The van der Waals surface area contributed by atoms with Crippen LogP contribution in [-0.4, -0.2) is 32.7 Å². The van der Waals surface area contributed by atoms with E-state index in [1.165, 1.54) is 0 Å². The molecule has 6 heteroatoms. The Morgan fingerprint density at radius 2 is 1.81 bits per heavy atom. The van der Waals surface area contributed by atoms with Crippen LogP contribution < -0.4 is 4.74 Å². The summed E-state index contributed by atoms with van der Waals surface area (Å²) in [6, 6.07) is 19.0. The number of benzene rings is 2. The molecular weight excluding hydrogens is 390 g/mol. The van der Waals surface area contributed by atoms with Crippen LogP contribution in [0.25, 0.3) is 22.3 Å². The van der Waals surface area contributed by atoms with Crippen molar-refractivity contribution in [2.45, 2.75) is 32.7 Å². The third-order valence-corrected chi connectivity index (χ3v) is 5.39. The van der Waals surface area contributed by atoms with E-state index in [-0.39, 0.29) is 0 Å². The third kappa shape index (κ3) is 4.28. The molecule has 0 aliphatic heterocycles. The summed E-state index contributed by atoms with van der Waals surface area (Å²) in [5, 5.41) is 9.47. The summed E-state index contributed by atoms with van der Waals surface area (Å²) in [5.41, 5.74) is 4.69. The van der Waals surface area contributed by atoms with Crippen LogP contribution in [0.2, 0.25) is 0 Å². The van der Waals surface area contributed by atoms with Crippen LogP contribution in [0, 0.1) is 0 Å². The molecule has 0 radical (unpaired) electrons. The highest BCUT2D eigenvalue weighted by molar-refractivity contribution is 5.96. The van der Waals surface area contributed by atoms with E-state index in [0.717, 1.165) is 47.3 Å². The Hall–Kier alpha value is -3.67. The fraction of sp³-hybridized carbons (Fsp3) is 0.240. The molecule has 0 saturated carbocycles. The molecular formula is C25H25N3O3. The number of nitrogens with zero attached hydrogens (tertiary/aromatic N) is 3. The van der Waals surface area contributed by atoms with Crippen LogP contribution in [0.5, 0.6) is 5.88 Å². The van der Waals surface area contributed by atoms with E-state index in [9.17, 15) is 9.90 Å². The lowest BCUT2D eigenvalue weighted by molar-refractivity contribution is 0.0697. The van der Waals surface area contributed by atoms with Gasteiger partial charge in [-0.05, 0) is 35.2 Å². The Morgan fingerprint density at radius 1 is 1.03 bits per heavy atom. The lowest BCUT2D eigenvalue weighted by Crippen LogP contribution is -2.05. The molecule has 6 nitrogen and oxygen atoms in total. The molecule has 4 rings (SSSR count). The van der Waals surface area contributed by atoms with Gasteiger partial charge in [0.15, 0.2) is 5.65 Å². The van der Waals surface area contributed by atoms with Crippen LogP contribution in [0.4, 0.5) is 0 Å². The number of carboxylic acids is 1. The van der Waals surface area contributed by atoms with Crippen molar-refractivity contribution in [3.05, 3.63) is 77.6 Å². The minimum atomic E-state index is -0.923. The zero-order chi connectivity index (χ0) is 21.8. The Bertz CT molecular complexity index is 1210. The van der Waals surface area contributed by atoms with Crippen molar-refractivity contribution in [3.8, 4) is 17.0 Å². The molecule has 0 unspecified atom stereocenters. The molecule has 1 N–H and O–H groups in total. The molecule has 0 spiro atoms. The van der Waals surface area contributed by atoms with Gasteiger partial charge in [0.1, 0.15) is 5.82 Å². The van der Waals surface area contributed by atoms with E-state index in [2.05, 4.69) is 16.5 Å². The number of hydrogen-bond acceptors (Lipinski definition) is 4. The second-order valence-electron chi connectivity index (χ2n) is 7.46. The van der Waals surface area contributed by atoms with Crippen LogP contribution >= 0.6 is 0 Å². The Morgan fingerprint density at radius 3 is 2.52 bits per heavy atom. The topological polar surface area (TPSA) is 77.2 Å². The third-order valence-electron chi connectivity index (χ3n) is 5.39. The van der Waals surface area contributed by atoms with Crippen LogP contribution in [0.15, 0.2) is 60.7 Å². The number of fused-ring (bicyclic) bond motifs is 1. The van der Waals surface area contributed by atoms with Crippen molar-refractivity contribution in [1.82, 2.24) is 14.5 Å². The zero-order valence-corrected chi connectivity index (χ0v) is 17.7. The molecule has 0 saturated heterocycles. The van der Waals surface area contributed by atoms with Gasteiger partial charge < -0.3 is 14.4 Å². The molecule has 0 aliphatic rings. The van der Waals surface area contributed by atoms with Crippen molar-refractivity contribution in [2.75, 3.05) is 7.11 Å². The Kier molecular flexibility index (Phi) is 5.98. The van der Waals surface area contributed by atoms with Gasteiger partial charge in [0.25, 0.3) is 0 Å². The molecule has 2 heterocycles. The number of pyridine rings is 1. The smallest absolute Gasteiger partial charge is 0.336 e. The fourth-order valence-corrected chi connectivity index (χ4v) is 3.75. The van der Waals surface area contributed by atoms with Gasteiger partial charge >= 0.3 is 5.97 Å². The number of aryl methyl sites for hydroxylation is 1. The van der Waals surface area contributed by atoms with Gasteiger partial charge in [-0.3, -0.25) is 0 Å². The zero-order valence-electron chi connectivity index (χ0n) is 17.7. The molecule has 158 valence electrons. The minimum Gasteiger partial charge on any atom is -0.481 e. The number of rotatable bonds is 8. The maximum Gasteiger partial charge on any atom is 0.336 e. The van der Waals surface area contributed by atoms with Gasteiger partial charge in [0, 0.05) is 19.0 Å². The molecule has 0 bridgehead atoms. The molecule has 2 aromatic heterocycles. The van der Waals surface area contributed by atoms with E-state index in [0.29, 0.717) is 23.6 Å². The van der Waals surface area contributed by atoms with Crippen LogP contribution in [-0.2, 0) is 13.0 Å². The maximum absolute atomic E-state index is 11.5. The molecule has 0 fully saturated rings. The summed E-state index contributed by atoms with van der Waals surface area (Å²) >= 11 is 0. The summed E-state index contributed by atoms with van der Waals surface area (Å²) in [6.07, 6.45) is 3.04. The van der Waals surface area contributed by atoms with Gasteiger partial charge in [-0.25, -0.2) is 9.78 Å². The Balaban J connectivity index is 1.67. The number of aromatic carboxylic acids is 1. The van der Waals surface area contributed by atoms with Crippen molar-refractivity contribution in [3.63, 3.8) is 0 Å². The first-order chi connectivity index (χ1) is 15.1. The van der Waals surface area contributed by atoms with Gasteiger partial charge in [-0.1, -0.05) is 55.8 Å². The standard InChI is InChI=1S/C25H25N3O3/c1-3-4-9-22-26-24-21(14-15-23(27-24)31-2)28(22)16-17-10-12-18(13-11-17)19-7-5-6-8-20(19)25(29)30/h5-8,10-15H,3-4,9,16H2,1-2H3,(H,29,30). The average Bonchev–Trinajstić information content (AvgIpc) is 3.14. The van der Waals surface area contributed by atoms with E-state index in [1.807, 2.05) is 48.5 Å². The summed E-state index contributed by atoms with van der Waals surface area (Å²) < 4.78 is 7.46. The van der Waals surface area contributed by atoms with Crippen molar-refractivity contribution >= 4 is 17.1 Å². The highest BCUT2D eigenvalue weighted by Crippen LogP contribution is 2.26. The average molecular weight is 415 g/mol. The molecule has 0 amide bonds. The monoisotopic (exact) mass is 415 g/mol. The summed E-state index contributed by atoms with van der Waals surface area (Å²) in [6.45, 7) is 2.84. The van der Waals surface area contributed by atoms with E-state index >= 15 is 0 Å². The Labute approximate surface area is 181 Å². The first-order valence-corrected chi connectivity index (χ1v) is 10.4. The first kappa shape index (κ1) is 20.6. The highest BCUT2D eigenvalue weighted by atomic mass is 16.5. The van der Waals surface area contributed by atoms with Crippen molar-refractivity contribution in [1.29, 1.82) is 0 Å². The van der Waals surface area contributed by atoms with E-state index in [4.69, 9.17) is 9.72 Å². The highest BCUT2D eigenvalue weighted by Gasteiger charge is 2.14.